The number of hydrogen-bond donors (Lipinski definition) is 2. The first-order chi connectivity index (χ1) is 8.37. The summed E-state index contributed by atoms with van der Waals surface area (Å²) in [5.41, 5.74) is -0.465. The summed E-state index contributed by atoms with van der Waals surface area (Å²) < 4.78 is 5.37. The van der Waals surface area contributed by atoms with Crippen molar-refractivity contribution in [1.29, 1.82) is 0 Å². The molecule has 2 heterocycles. The second-order valence-corrected chi connectivity index (χ2v) is 6.32. The molecule has 1 amide bonds. The fourth-order valence-electron chi connectivity index (χ4n) is 2.72. The molecule has 0 aromatic rings. The van der Waals surface area contributed by atoms with Crippen LogP contribution in [0, 0.1) is 5.92 Å². The summed E-state index contributed by atoms with van der Waals surface area (Å²) in [5, 5.41) is 13.5. The largest absolute Gasteiger partial charge is 0.444 e. The summed E-state index contributed by atoms with van der Waals surface area (Å²) in [4.78, 5) is 13.7. The van der Waals surface area contributed by atoms with Gasteiger partial charge in [-0.25, -0.2) is 4.79 Å². The minimum Gasteiger partial charge on any atom is -0.444 e. The highest BCUT2D eigenvalue weighted by molar-refractivity contribution is 5.68. The van der Waals surface area contributed by atoms with Crippen molar-refractivity contribution in [2.24, 2.45) is 5.92 Å². The van der Waals surface area contributed by atoms with Gasteiger partial charge in [-0.3, -0.25) is 0 Å². The maximum absolute atomic E-state index is 12.0. The molecule has 2 fully saturated rings. The Hall–Kier alpha value is -0.810. The molecule has 3 atom stereocenters. The molecule has 2 saturated heterocycles. The Morgan fingerprint density at radius 3 is 2.78 bits per heavy atom. The number of nitrogens with zero attached hydrogens (tertiary/aromatic N) is 1. The number of nitrogens with one attached hydrogen (secondary N) is 1. The molecular weight excluding hydrogens is 232 g/mol. The number of carbonyl (C=O) groups excluding carboxylic acids is 1. The molecule has 0 aromatic heterocycles. The number of likely N-dealkylation sites (tertiary alicyclic amines) is 1. The molecule has 104 valence electrons. The van der Waals surface area contributed by atoms with Gasteiger partial charge in [0.05, 0.1) is 6.10 Å². The molecule has 2 N–H and O–H groups in total. The Morgan fingerprint density at radius 1 is 1.39 bits per heavy atom. The van der Waals surface area contributed by atoms with Crippen molar-refractivity contribution in [2.75, 3.05) is 19.6 Å². The van der Waals surface area contributed by atoms with Gasteiger partial charge in [0.25, 0.3) is 0 Å². The number of rotatable bonds is 0. The smallest absolute Gasteiger partial charge is 0.410 e. The van der Waals surface area contributed by atoms with Crippen molar-refractivity contribution in [1.82, 2.24) is 10.2 Å². The molecule has 0 spiro atoms. The quantitative estimate of drug-likeness (QED) is 0.678. The van der Waals surface area contributed by atoms with Crippen LogP contribution in [0.2, 0.25) is 0 Å². The summed E-state index contributed by atoms with van der Waals surface area (Å²) in [6, 6.07) is 0.204. The zero-order valence-corrected chi connectivity index (χ0v) is 11.5. The molecule has 0 radical (unpaired) electrons. The topological polar surface area (TPSA) is 61.8 Å². The van der Waals surface area contributed by atoms with Crippen molar-refractivity contribution >= 4 is 6.09 Å². The zero-order valence-electron chi connectivity index (χ0n) is 11.5. The third-order valence-corrected chi connectivity index (χ3v) is 3.59. The molecule has 0 aromatic carbocycles. The lowest BCUT2D eigenvalue weighted by Gasteiger charge is -2.24. The molecular formula is C13H24N2O3. The first-order valence-electron chi connectivity index (χ1n) is 6.76. The monoisotopic (exact) mass is 256 g/mol. The van der Waals surface area contributed by atoms with E-state index in [1.165, 1.54) is 0 Å². The lowest BCUT2D eigenvalue weighted by atomic mass is 9.96. The average molecular weight is 256 g/mol. The van der Waals surface area contributed by atoms with Gasteiger partial charge in [-0.2, -0.15) is 0 Å². The van der Waals surface area contributed by atoms with Gasteiger partial charge in [0, 0.05) is 25.0 Å². The fraction of sp³-hybridized carbons (Fsp3) is 0.923. The van der Waals surface area contributed by atoms with Crippen LogP contribution in [0.3, 0.4) is 0 Å². The minimum absolute atomic E-state index is 0.139. The average Bonchev–Trinajstić information content (AvgIpc) is 2.59. The van der Waals surface area contributed by atoms with E-state index >= 15 is 0 Å². The molecule has 0 saturated carbocycles. The van der Waals surface area contributed by atoms with Crippen LogP contribution in [0.4, 0.5) is 4.79 Å². The highest BCUT2D eigenvalue weighted by atomic mass is 16.6. The molecule has 0 aliphatic carbocycles. The van der Waals surface area contributed by atoms with Crippen LogP contribution in [0.25, 0.3) is 0 Å². The van der Waals surface area contributed by atoms with Crippen LogP contribution >= 0.6 is 0 Å². The molecule has 5 heteroatoms. The van der Waals surface area contributed by atoms with E-state index in [0.717, 1.165) is 19.4 Å². The van der Waals surface area contributed by atoms with E-state index in [0.29, 0.717) is 13.1 Å². The number of aliphatic hydroxyl groups is 1. The van der Waals surface area contributed by atoms with Gasteiger partial charge in [0.2, 0.25) is 0 Å². The Bertz CT molecular complexity index is 314. The van der Waals surface area contributed by atoms with Crippen LogP contribution in [-0.2, 0) is 4.74 Å². The first kappa shape index (κ1) is 13.6. The van der Waals surface area contributed by atoms with Crippen LogP contribution in [-0.4, -0.2) is 53.5 Å². The van der Waals surface area contributed by atoms with Gasteiger partial charge < -0.3 is 20.1 Å². The number of ether oxygens (including phenoxy) is 1. The van der Waals surface area contributed by atoms with E-state index in [1.807, 2.05) is 20.8 Å². The number of carbonyl (C=O) groups is 1. The molecule has 0 bridgehead atoms. The van der Waals surface area contributed by atoms with E-state index in [9.17, 15) is 9.90 Å². The predicted octanol–water partition coefficient (Wildman–Crippen LogP) is 0.966. The van der Waals surface area contributed by atoms with Crippen molar-refractivity contribution < 1.29 is 14.6 Å². The maximum atomic E-state index is 12.0. The lowest BCUT2D eigenvalue weighted by Crippen LogP contribution is -2.39. The Kier molecular flexibility index (Phi) is 3.82. The molecule has 2 aliphatic heterocycles. The first-order valence-corrected chi connectivity index (χ1v) is 6.76. The zero-order chi connectivity index (χ0) is 13.3. The SMILES string of the molecule is CC(C)(C)OC(=O)N1CC2NCCCC(O)C2C1. The summed E-state index contributed by atoms with van der Waals surface area (Å²) in [5.74, 6) is 0.139. The van der Waals surface area contributed by atoms with Crippen molar-refractivity contribution in [2.45, 2.75) is 51.4 Å². The van der Waals surface area contributed by atoms with E-state index < -0.39 is 5.60 Å². The Labute approximate surface area is 108 Å². The molecule has 2 aliphatic rings. The normalized spacial score (nSPS) is 32.9. The molecule has 2 rings (SSSR count). The van der Waals surface area contributed by atoms with Crippen molar-refractivity contribution in [3.63, 3.8) is 0 Å². The lowest BCUT2D eigenvalue weighted by molar-refractivity contribution is 0.0265. The Balaban J connectivity index is 1.96. The summed E-state index contributed by atoms with van der Waals surface area (Å²) in [7, 11) is 0. The van der Waals surface area contributed by atoms with E-state index in [-0.39, 0.29) is 24.2 Å². The van der Waals surface area contributed by atoms with Crippen molar-refractivity contribution in [3.05, 3.63) is 0 Å². The third-order valence-electron chi connectivity index (χ3n) is 3.59. The van der Waals surface area contributed by atoms with Gasteiger partial charge in [-0.05, 0) is 40.2 Å². The second-order valence-electron chi connectivity index (χ2n) is 6.32. The Morgan fingerprint density at radius 2 is 2.11 bits per heavy atom. The summed E-state index contributed by atoms with van der Waals surface area (Å²) >= 11 is 0. The van der Waals surface area contributed by atoms with Gasteiger partial charge >= 0.3 is 6.09 Å². The maximum Gasteiger partial charge on any atom is 0.410 e. The van der Waals surface area contributed by atoms with Crippen molar-refractivity contribution in [3.8, 4) is 0 Å². The van der Waals surface area contributed by atoms with Gasteiger partial charge in [0.1, 0.15) is 5.60 Å². The van der Waals surface area contributed by atoms with E-state index in [1.54, 1.807) is 4.90 Å². The van der Waals surface area contributed by atoms with Crippen LogP contribution in [0.1, 0.15) is 33.6 Å². The fourth-order valence-corrected chi connectivity index (χ4v) is 2.72. The number of amides is 1. The van der Waals surface area contributed by atoms with Crippen LogP contribution < -0.4 is 5.32 Å². The second kappa shape index (κ2) is 5.05. The number of fused-ring (bicyclic) bond motifs is 1. The van der Waals surface area contributed by atoms with E-state index in [4.69, 9.17) is 4.74 Å². The van der Waals surface area contributed by atoms with E-state index in [2.05, 4.69) is 5.32 Å². The van der Waals surface area contributed by atoms with Crippen LogP contribution in [0.15, 0.2) is 0 Å². The minimum atomic E-state index is -0.465. The molecule has 5 nitrogen and oxygen atoms in total. The van der Waals surface area contributed by atoms with Gasteiger partial charge in [-0.1, -0.05) is 0 Å². The van der Waals surface area contributed by atoms with Crippen LogP contribution in [0.5, 0.6) is 0 Å². The van der Waals surface area contributed by atoms with Gasteiger partial charge in [-0.15, -0.1) is 0 Å². The third kappa shape index (κ3) is 3.14. The highest BCUT2D eigenvalue weighted by Gasteiger charge is 2.41. The highest BCUT2D eigenvalue weighted by Crippen LogP contribution is 2.26. The standard InChI is InChI=1S/C13H24N2O3/c1-13(2,3)18-12(17)15-7-9-10(8-15)14-6-4-5-11(9)16/h9-11,14,16H,4-8H2,1-3H3. The van der Waals surface area contributed by atoms with Gasteiger partial charge in [0.15, 0.2) is 0 Å². The number of aliphatic hydroxyl groups excluding tert-OH is 1. The summed E-state index contributed by atoms with van der Waals surface area (Å²) in [6.07, 6.45) is 1.23. The number of hydrogen-bond acceptors (Lipinski definition) is 4. The molecule has 18 heavy (non-hydrogen) atoms. The summed E-state index contributed by atoms with van der Waals surface area (Å²) in [6.45, 7) is 7.75. The predicted molar refractivity (Wildman–Crippen MR) is 68.3 cm³/mol. The molecule has 3 unspecified atom stereocenters.